The Kier molecular flexibility index (Phi) is 4.02. The molecule has 0 saturated carbocycles. The fourth-order valence-corrected chi connectivity index (χ4v) is 3.36. The number of ether oxygens (including phenoxy) is 1. The zero-order valence-corrected chi connectivity index (χ0v) is 14.2. The van der Waals surface area contributed by atoms with E-state index < -0.39 is 30.3 Å². The van der Waals surface area contributed by atoms with Crippen molar-refractivity contribution >= 4 is 28.5 Å². The molecule has 3 atom stereocenters. The van der Waals surface area contributed by atoms with Crippen molar-refractivity contribution in [2.75, 3.05) is 18.1 Å². The van der Waals surface area contributed by atoms with Crippen LogP contribution < -0.4 is 11.5 Å². The lowest BCUT2D eigenvalue weighted by molar-refractivity contribution is -0.0674. The summed E-state index contributed by atoms with van der Waals surface area (Å²) in [7, 11) is 0. The van der Waals surface area contributed by atoms with Gasteiger partial charge in [-0.1, -0.05) is 12.1 Å². The Morgan fingerprint density at radius 1 is 1.30 bits per heavy atom. The molecule has 3 aromatic rings. The van der Waals surface area contributed by atoms with E-state index in [9.17, 15) is 15.0 Å². The molecule has 4 rings (SSSR count). The van der Waals surface area contributed by atoms with Gasteiger partial charge < -0.3 is 26.4 Å². The molecule has 0 radical (unpaired) electrons. The topological polar surface area (TPSA) is 162 Å². The highest BCUT2D eigenvalue weighted by atomic mass is 16.5. The van der Waals surface area contributed by atoms with Crippen LogP contribution in [-0.4, -0.2) is 53.8 Å². The van der Waals surface area contributed by atoms with E-state index in [2.05, 4.69) is 15.0 Å². The second-order valence-corrected chi connectivity index (χ2v) is 6.39. The lowest BCUT2D eigenvalue weighted by Gasteiger charge is -2.25. The Hall–Kier alpha value is -3.08. The van der Waals surface area contributed by atoms with Crippen LogP contribution >= 0.6 is 0 Å². The van der Waals surface area contributed by atoms with Crippen LogP contribution in [0.3, 0.4) is 0 Å². The lowest BCUT2D eigenvalue weighted by atomic mass is 9.86. The van der Waals surface area contributed by atoms with Crippen molar-refractivity contribution in [1.29, 1.82) is 0 Å². The minimum atomic E-state index is -1.95. The number of carbonyl (C=O) groups is 1. The number of imidazole rings is 1. The molecule has 0 unspecified atom stereocenters. The summed E-state index contributed by atoms with van der Waals surface area (Å²) in [5.41, 5.74) is 10.9. The third-order valence-corrected chi connectivity index (χ3v) is 4.80. The van der Waals surface area contributed by atoms with Gasteiger partial charge in [-0.2, -0.15) is 0 Å². The summed E-state index contributed by atoms with van der Waals surface area (Å²) < 4.78 is 7.31. The van der Waals surface area contributed by atoms with Crippen molar-refractivity contribution in [3.63, 3.8) is 0 Å². The number of fused-ring (bicyclic) bond motifs is 1. The Morgan fingerprint density at radius 3 is 2.81 bits per heavy atom. The maximum atomic E-state index is 13.0. The van der Waals surface area contributed by atoms with Gasteiger partial charge in [-0.15, -0.1) is 0 Å². The fraction of sp³-hybridized carbons (Fsp3) is 0.294. The SMILES string of the molecule is Nc1ccccc1C(=O)[C@]1(O)C[C@H](n2cnc3c(N)ncnc32)O[C@@H]1CO. The molecule has 0 aliphatic carbocycles. The molecule has 0 bridgehead atoms. The van der Waals surface area contributed by atoms with Gasteiger partial charge in [0.15, 0.2) is 22.8 Å². The molecule has 2 aromatic heterocycles. The van der Waals surface area contributed by atoms with Crippen molar-refractivity contribution in [2.24, 2.45) is 0 Å². The number of aliphatic hydroxyl groups is 2. The van der Waals surface area contributed by atoms with Gasteiger partial charge in [0.25, 0.3) is 0 Å². The largest absolute Gasteiger partial charge is 0.398 e. The number of nitrogens with zero attached hydrogens (tertiary/aromatic N) is 4. The van der Waals surface area contributed by atoms with Crippen LogP contribution in [0.5, 0.6) is 0 Å². The van der Waals surface area contributed by atoms with Gasteiger partial charge in [0.1, 0.15) is 24.2 Å². The third-order valence-electron chi connectivity index (χ3n) is 4.80. The molecule has 140 valence electrons. The first-order valence-electron chi connectivity index (χ1n) is 8.26. The Morgan fingerprint density at radius 2 is 2.07 bits per heavy atom. The zero-order chi connectivity index (χ0) is 19.2. The molecular weight excluding hydrogens is 352 g/mol. The standard InChI is InChI=1S/C17H18N6O4/c18-10-4-2-1-3-9(10)14(25)17(26)5-12(27-11(17)6-24)23-8-22-13-15(19)20-7-21-16(13)23/h1-4,7-8,11-12,24,26H,5-6,18H2,(H2,19,20,21)/t11-,12-,17+/m1/s1. The third kappa shape index (κ3) is 2.62. The number of rotatable bonds is 4. The van der Waals surface area contributed by atoms with Crippen LogP contribution in [-0.2, 0) is 4.74 Å². The van der Waals surface area contributed by atoms with E-state index in [4.69, 9.17) is 16.2 Å². The van der Waals surface area contributed by atoms with Gasteiger partial charge in [-0.25, -0.2) is 15.0 Å². The minimum Gasteiger partial charge on any atom is -0.398 e. The zero-order valence-electron chi connectivity index (χ0n) is 14.2. The molecule has 0 spiro atoms. The molecule has 6 N–H and O–H groups in total. The van der Waals surface area contributed by atoms with E-state index >= 15 is 0 Å². The Bertz CT molecular complexity index is 1020. The fourth-order valence-electron chi connectivity index (χ4n) is 3.36. The first kappa shape index (κ1) is 17.3. The average Bonchev–Trinajstić information content (AvgIpc) is 3.24. The first-order chi connectivity index (χ1) is 13.0. The maximum Gasteiger partial charge on any atom is 0.199 e. The molecule has 0 amide bonds. The predicted molar refractivity (Wildman–Crippen MR) is 95.5 cm³/mol. The van der Waals surface area contributed by atoms with Crippen LogP contribution in [0.1, 0.15) is 23.0 Å². The van der Waals surface area contributed by atoms with E-state index in [1.165, 1.54) is 18.7 Å². The number of Topliss-reactive ketones (excluding diaryl/α,β-unsaturated/α-hetero) is 1. The van der Waals surface area contributed by atoms with Gasteiger partial charge in [0.05, 0.1) is 12.9 Å². The van der Waals surface area contributed by atoms with Crippen LogP contribution in [0.25, 0.3) is 11.2 Å². The van der Waals surface area contributed by atoms with Crippen LogP contribution in [0.2, 0.25) is 0 Å². The summed E-state index contributed by atoms with van der Waals surface area (Å²) in [5.74, 6) is -0.403. The monoisotopic (exact) mass is 370 g/mol. The van der Waals surface area contributed by atoms with Gasteiger partial charge >= 0.3 is 0 Å². The van der Waals surface area contributed by atoms with Crippen molar-refractivity contribution in [3.05, 3.63) is 42.5 Å². The molecule has 1 saturated heterocycles. The molecule has 1 aliphatic rings. The molecule has 27 heavy (non-hydrogen) atoms. The molecule has 1 fully saturated rings. The van der Waals surface area contributed by atoms with Gasteiger partial charge in [-0.05, 0) is 12.1 Å². The molecule has 1 aromatic carbocycles. The Balaban J connectivity index is 1.72. The number of hydrogen-bond acceptors (Lipinski definition) is 9. The summed E-state index contributed by atoms with van der Waals surface area (Å²) in [5, 5.41) is 20.8. The highest BCUT2D eigenvalue weighted by Gasteiger charge is 2.53. The van der Waals surface area contributed by atoms with E-state index in [0.717, 1.165) is 0 Å². The summed E-state index contributed by atoms with van der Waals surface area (Å²) in [6.45, 7) is -0.546. The second-order valence-electron chi connectivity index (χ2n) is 6.39. The van der Waals surface area contributed by atoms with E-state index in [-0.39, 0.29) is 23.5 Å². The number of hydrogen-bond donors (Lipinski definition) is 4. The minimum absolute atomic E-state index is 0.110. The van der Waals surface area contributed by atoms with Gasteiger partial charge in [-0.3, -0.25) is 9.36 Å². The van der Waals surface area contributed by atoms with Crippen molar-refractivity contribution in [3.8, 4) is 0 Å². The normalized spacial score (nSPS) is 25.1. The Labute approximate surface area is 153 Å². The van der Waals surface area contributed by atoms with Crippen LogP contribution in [0.15, 0.2) is 36.9 Å². The maximum absolute atomic E-state index is 13.0. The number of carbonyl (C=O) groups excluding carboxylic acids is 1. The highest BCUT2D eigenvalue weighted by Crippen LogP contribution is 2.40. The average molecular weight is 370 g/mol. The summed E-state index contributed by atoms with van der Waals surface area (Å²) in [4.78, 5) is 25.2. The van der Waals surface area contributed by atoms with Gasteiger partial charge in [0.2, 0.25) is 0 Å². The number of anilines is 2. The van der Waals surface area contributed by atoms with Crippen molar-refractivity contribution < 1.29 is 19.7 Å². The highest BCUT2D eigenvalue weighted by molar-refractivity contribution is 6.06. The number of nitrogens with two attached hydrogens (primary N) is 2. The molecule has 1 aliphatic heterocycles. The number of benzene rings is 1. The number of para-hydroxylation sites is 1. The second kappa shape index (κ2) is 6.27. The smallest absolute Gasteiger partial charge is 0.199 e. The quantitative estimate of drug-likeness (QED) is 0.362. The number of ketones is 1. The van der Waals surface area contributed by atoms with E-state index in [0.29, 0.717) is 11.2 Å². The molecule has 10 heteroatoms. The molecular formula is C17H18N6O4. The number of aromatic nitrogens is 4. The van der Waals surface area contributed by atoms with E-state index in [1.54, 1.807) is 22.8 Å². The summed E-state index contributed by atoms with van der Waals surface area (Å²) >= 11 is 0. The van der Waals surface area contributed by atoms with Crippen molar-refractivity contribution in [1.82, 2.24) is 19.5 Å². The van der Waals surface area contributed by atoms with Crippen molar-refractivity contribution in [2.45, 2.75) is 24.4 Å². The lowest BCUT2D eigenvalue weighted by Crippen LogP contribution is -2.48. The summed E-state index contributed by atoms with van der Waals surface area (Å²) in [6.07, 6.45) is 0.713. The van der Waals surface area contributed by atoms with E-state index in [1.807, 2.05) is 0 Å². The van der Waals surface area contributed by atoms with Crippen LogP contribution in [0, 0.1) is 0 Å². The number of nitrogen functional groups attached to an aromatic ring is 2. The predicted octanol–water partition coefficient (Wildman–Crippen LogP) is -0.116. The number of aliphatic hydroxyl groups excluding tert-OH is 1. The van der Waals surface area contributed by atoms with Crippen LogP contribution in [0.4, 0.5) is 11.5 Å². The summed E-state index contributed by atoms with van der Waals surface area (Å²) in [6, 6.07) is 6.44. The van der Waals surface area contributed by atoms with Gasteiger partial charge in [0, 0.05) is 17.7 Å². The molecule has 10 nitrogen and oxygen atoms in total. The molecule has 3 heterocycles. The first-order valence-corrected chi connectivity index (χ1v) is 8.26.